The third kappa shape index (κ3) is 6.76. The van der Waals surface area contributed by atoms with Gasteiger partial charge in [0.15, 0.2) is 5.11 Å². The zero-order valence-corrected chi connectivity index (χ0v) is 20.5. The van der Waals surface area contributed by atoms with E-state index in [1.807, 2.05) is 12.1 Å². The van der Waals surface area contributed by atoms with Gasteiger partial charge in [-0.25, -0.2) is 4.39 Å². The molecule has 8 heteroatoms. The Balaban J connectivity index is 1.38. The summed E-state index contributed by atoms with van der Waals surface area (Å²) < 4.78 is 13.0. The highest BCUT2D eigenvalue weighted by Gasteiger charge is 2.25. The average Bonchev–Trinajstić information content (AvgIpc) is 3.32. The van der Waals surface area contributed by atoms with Gasteiger partial charge >= 0.3 is 0 Å². The highest BCUT2D eigenvalue weighted by Crippen LogP contribution is 2.29. The number of anilines is 3. The summed E-state index contributed by atoms with van der Waals surface area (Å²) in [4.78, 5) is 14.4. The molecule has 6 nitrogen and oxygen atoms in total. The number of hydrogen-bond donors (Lipinski definition) is 2. The van der Waals surface area contributed by atoms with Gasteiger partial charge in [-0.3, -0.25) is 0 Å². The summed E-state index contributed by atoms with van der Waals surface area (Å²) >= 11 is 5.52. The van der Waals surface area contributed by atoms with Crippen LogP contribution in [0, 0.1) is 17.7 Å². The fraction of sp³-hybridized carbons (Fsp3) is 0.560. The van der Waals surface area contributed by atoms with Crippen LogP contribution in [0.4, 0.5) is 22.0 Å². The number of thiocarbonyl (C=S) groups is 1. The molecule has 178 valence electrons. The molecule has 0 saturated carbocycles. The van der Waals surface area contributed by atoms with Crippen molar-refractivity contribution in [1.29, 1.82) is 0 Å². The monoisotopic (exact) mass is 470 g/mol. The quantitative estimate of drug-likeness (QED) is 0.452. The topological polar surface area (TPSA) is 56.3 Å². The second-order valence-electron chi connectivity index (χ2n) is 9.56. The van der Waals surface area contributed by atoms with Crippen molar-refractivity contribution < 1.29 is 4.39 Å². The summed E-state index contributed by atoms with van der Waals surface area (Å²) in [5.41, 5.74) is 1.12. The zero-order valence-electron chi connectivity index (χ0n) is 19.7. The highest BCUT2D eigenvalue weighted by molar-refractivity contribution is 7.80. The Labute approximate surface area is 202 Å². The van der Waals surface area contributed by atoms with E-state index in [1.54, 1.807) is 0 Å². The molecule has 2 aliphatic rings. The van der Waals surface area contributed by atoms with E-state index in [0.717, 1.165) is 62.8 Å². The van der Waals surface area contributed by atoms with Gasteiger partial charge in [-0.2, -0.15) is 9.97 Å². The molecule has 3 heterocycles. The highest BCUT2D eigenvalue weighted by atomic mass is 32.1. The predicted octanol–water partition coefficient (Wildman–Crippen LogP) is 4.62. The van der Waals surface area contributed by atoms with Gasteiger partial charge in [0.05, 0.1) is 0 Å². The molecule has 33 heavy (non-hydrogen) atoms. The minimum atomic E-state index is -0.203. The van der Waals surface area contributed by atoms with Gasteiger partial charge in [-0.1, -0.05) is 26.0 Å². The largest absolute Gasteiger partial charge is 0.362 e. The van der Waals surface area contributed by atoms with E-state index in [2.05, 4.69) is 40.3 Å². The first-order valence-corrected chi connectivity index (χ1v) is 12.6. The molecule has 4 rings (SSSR count). The van der Waals surface area contributed by atoms with Crippen LogP contribution in [0.15, 0.2) is 30.3 Å². The Morgan fingerprint density at radius 3 is 2.33 bits per heavy atom. The summed E-state index contributed by atoms with van der Waals surface area (Å²) in [7, 11) is 0. The fourth-order valence-corrected chi connectivity index (χ4v) is 5.08. The smallest absolute Gasteiger partial charge is 0.232 e. The third-order valence-corrected chi connectivity index (χ3v) is 6.63. The maximum atomic E-state index is 13.0. The number of piperidine rings is 1. The van der Waals surface area contributed by atoms with E-state index in [0.29, 0.717) is 22.9 Å². The molecule has 1 aromatic heterocycles. The Morgan fingerprint density at radius 1 is 1.03 bits per heavy atom. The second kappa shape index (κ2) is 11.1. The van der Waals surface area contributed by atoms with E-state index < -0.39 is 0 Å². The van der Waals surface area contributed by atoms with Gasteiger partial charge < -0.3 is 20.4 Å². The molecule has 0 amide bonds. The summed E-state index contributed by atoms with van der Waals surface area (Å²) in [5, 5.41) is 6.99. The lowest BCUT2D eigenvalue weighted by molar-refractivity contribution is 0.355. The Kier molecular flexibility index (Phi) is 7.96. The van der Waals surface area contributed by atoms with E-state index in [9.17, 15) is 4.39 Å². The van der Waals surface area contributed by atoms with Crippen molar-refractivity contribution in [2.75, 3.05) is 47.8 Å². The molecular formula is C25H35FN6S. The first-order chi connectivity index (χ1) is 16.0. The van der Waals surface area contributed by atoms with Gasteiger partial charge in [0.25, 0.3) is 0 Å². The molecule has 2 N–H and O–H groups in total. The van der Waals surface area contributed by atoms with Gasteiger partial charge in [0.1, 0.15) is 17.5 Å². The Bertz CT molecular complexity index is 921. The molecule has 2 aromatic rings. The van der Waals surface area contributed by atoms with Gasteiger partial charge in [0.2, 0.25) is 5.95 Å². The number of aromatic nitrogens is 2. The van der Waals surface area contributed by atoms with Crippen LogP contribution in [-0.2, 0) is 6.42 Å². The van der Waals surface area contributed by atoms with Crippen LogP contribution in [-0.4, -0.2) is 47.8 Å². The Morgan fingerprint density at radius 2 is 1.67 bits per heavy atom. The average molecular weight is 471 g/mol. The number of benzene rings is 1. The molecule has 2 atom stereocenters. The molecule has 0 spiro atoms. The van der Waals surface area contributed by atoms with Crippen LogP contribution < -0.4 is 20.4 Å². The number of halogens is 1. The van der Waals surface area contributed by atoms with Crippen molar-refractivity contribution >= 4 is 34.9 Å². The molecule has 2 fully saturated rings. The van der Waals surface area contributed by atoms with Crippen molar-refractivity contribution in [3.05, 3.63) is 41.7 Å². The first-order valence-electron chi connectivity index (χ1n) is 12.1. The molecule has 0 unspecified atom stereocenters. The lowest BCUT2D eigenvalue weighted by Crippen LogP contribution is -2.39. The number of aryl methyl sites for hydroxylation is 1. The summed E-state index contributed by atoms with van der Waals surface area (Å²) in [6.45, 7) is 9.47. The number of hydrogen-bond acceptors (Lipinski definition) is 5. The van der Waals surface area contributed by atoms with Crippen LogP contribution >= 0.6 is 12.2 Å². The van der Waals surface area contributed by atoms with E-state index in [4.69, 9.17) is 22.2 Å². The number of rotatable bonds is 7. The van der Waals surface area contributed by atoms with E-state index in [1.165, 1.54) is 31.4 Å². The molecule has 1 aromatic carbocycles. The number of nitrogens with zero attached hydrogens (tertiary/aromatic N) is 4. The van der Waals surface area contributed by atoms with Gasteiger partial charge in [-0.05, 0) is 73.9 Å². The molecule has 2 aliphatic heterocycles. The van der Waals surface area contributed by atoms with Crippen molar-refractivity contribution in [2.45, 2.75) is 46.0 Å². The third-order valence-electron chi connectivity index (χ3n) is 6.39. The van der Waals surface area contributed by atoms with E-state index in [-0.39, 0.29) is 5.82 Å². The van der Waals surface area contributed by atoms with Crippen LogP contribution in [0.5, 0.6) is 0 Å². The van der Waals surface area contributed by atoms with Crippen molar-refractivity contribution in [3.63, 3.8) is 0 Å². The SMILES string of the molecule is C[C@@H]1C[C@H](C)CN(c2cc(N3CCCC3)nc(NC(=S)NCCCc3ccc(F)cc3)n2)C1. The zero-order chi connectivity index (χ0) is 23.2. The van der Waals surface area contributed by atoms with Gasteiger partial charge in [-0.15, -0.1) is 0 Å². The normalized spacial score (nSPS) is 20.7. The van der Waals surface area contributed by atoms with Crippen LogP contribution in [0.3, 0.4) is 0 Å². The molecule has 0 radical (unpaired) electrons. The minimum absolute atomic E-state index is 0.203. The fourth-order valence-electron chi connectivity index (χ4n) is 4.89. The summed E-state index contributed by atoms with van der Waals surface area (Å²) in [6, 6.07) is 8.80. The molecule has 0 bridgehead atoms. The van der Waals surface area contributed by atoms with Gasteiger partial charge in [0, 0.05) is 38.8 Å². The molecule has 0 aliphatic carbocycles. The van der Waals surface area contributed by atoms with Crippen LogP contribution in [0.2, 0.25) is 0 Å². The number of nitrogens with one attached hydrogen (secondary N) is 2. The molecular weight excluding hydrogens is 435 g/mol. The second-order valence-corrected chi connectivity index (χ2v) is 9.97. The predicted molar refractivity (Wildman–Crippen MR) is 138 cm³/mol. The standard InChI is InChI=1S/C25H35FN6S/c1-18-14-19(2)17-32(16-18)23-15-22(31-12-3-4-13-31)28-24(29-23)30-25(33)27-11-5-6-20-7-9-21(26)10-8-20/h7-10,15,18-19H,3-6,11-14,16-17H2,1-2H3,(H2,27,28,29,30,33)/t18-,19+. The maximum Gasteiger partial charge on any atom is 0.232 e. The lowest BCUT2D eigenvalue weighted by Gasteiger charge is -2.36. The van der Waals surface area contributed by atoms with Crippen LogP contribution in [0.25, 0.3) is 0 Å². The maximum absolute atomic E-state index is 13.0. The van der Waals surface area contributed by atoms with Crippen molar-refractivity contribution in [1.82, 2.24) is 15.3 Å². The Hall–Kier alpha value is -2.48. The first kappa shape index (κ1) is 23.7. The minimum Gasteiger partial charge on any atom is -0.362 e. The molecule has 2 saturated heterocycles. The van der Waals surface area contributed by atoms with E-state index >= 15 is 0 Å². The van der Waals surface area contributed by atoms with Crippen LogP contribution in [0.1, 0.15) is 45.1 Å². The van der Waals surface area contributed by atoms with Crippen molar-refractivity contribution in [3.8, 4) is 0 Å². The summed E-state index contributed by atoms with van der Waals surface area (Å²) in [5.74, 6) is 3.61. The summed E-state index contributed by atoms with van der Waals surface area (Å²) in [6.07, 6.45) is 5.43. The van der Waals surface area contributed by atoms with Crippen molar-refractivity contribution in [2.24, 2.45) is 11.8 Å². The lowest BCUT2D eigenvalue weighted by atomic mass is 9.92.